The van der Waals surface area contributed by atoms with Crippen LogP contribution in [0.3, 0.4) is 0 Å². The van der Waals surface area contributed by atoms with Gasteiger partial charge < -0.3 is 19.6 Å². The Labute approximate surface area is 157 Å². The second-order valence-corrected chi connectivity index (χ2v) is 6.47. The number of hydrogen-bond donors (Lipinski definition) is 1. The number of rotatable bonds is 6. The van der Waals surface area contributed by atoms with Crippen molar-refractivity contribution in [2.24, 2.45) is 0 Å². The van der Waals surface area contributed by atoms with Crippen LogP contribution in [0.4, 0.5) is 4.39 Å². The summed E-state index contributed by atoms with van der Waals surface area (Å²) >= 11 is 0. The number of ether oxygens (including phenoxy) is 1. The third-order valence-corrected chi connectivity index (χ3v) is 4.62. The number of benzene rings is 1. The van der Waals surface area contributed by atoms with Crippen LogP contribution in [0.15, 0.2) is 18.2 Å². The first-order chi connectivity index (χ1) is 12.8. The molecule has 1 N–H and O–H groups in total. The van der Waals surface area contributed by atoms with E-state index in [2.05, 4.69) is 0 Å². The Bertz CT molecular complexity index is 709. The molecule has 1 aromatic carbocycles. The molecule has 0 saturated carbocycles. The molecule has 1 aromatic rings. The molecule has 0 spiro atoms. The van der Waals surface area contributed by atoms with Gasteiger partial charge in [0.05, 0.1) is 12.2 Å². The molecule has 1 heterocycles. The van der Waals surface area contributed by atoms with Gasteiger partial charge in [-0.15, -0.1) is 0 Å². The molecule has 0 bridgehead atoms. The molecule has 27 heavy (non-hydrogen) atoms. The summed E-state index contributed by atoms with van der Waals surface area (Å²) in [6, 6.07) is 4.01. The van der Waals surface area contributed by atoms with E-state index >= 15 is 0 Å². The van der Waals surface area contributed by atoms with Crippen LogP contribution in [0.2, 0.25) is 0 Å². The minimum atomic E-state index is -1.07. The van der Waals surface area contributed by atoms with Gasteiger partial charge in [-0.05, 0) is 38.3 Å². The lowest BCUT2D eigenvalue weighted by atomic mass is 10.1. The topological polar surface area (TPSA) is 87.2 Å². The van der Waals surface area contributed by atoms with Crippen LogP contribution in [0.25, 0.3) is 0 Å². The molecule has 0 aliphatic carbocycles. The van der Waals surface area contributed by atoms with Crippen molar-refractivity contribution in [1.82, 2.24) is 9.80 Å². The highest BCUT2D eigenvalue weighted by Crippen LogP contribution is 2.26. The number of carboxylic acid groups (broad SMARTS) is 1. The average Bonchev–Trinajstić information content (AvgIpc) is 2.86. The van der Waals surface area contributed by atoms with Gasteiger partial charge in [-0.2, -0.15) is 0 Å². The number of carboxylic acids is 1. The fraction of sp³-hybridized carbons (Fsp3) is 0.526. The maximum Gasteiger partial charge on any atom is 0.323 e. The van der Waals surface area contributed by atoms with E-state index in [1.54, 1.807) is 11.8 Å². The maximum atomic E-state index is 14.0. The van der Waals surface area contributed by atoms with E-state index in [1.807, 2.05) is 0 Å². The van der Waals surface area contributed by atoms with Gasteiger partial charge in [-0.25, -0.2) is 4.39 Å². The van der Waals surface area contributed by atoms with Crippen molar-refractivity contribution < 1.29 is 28.6 Å². The molecule has 1 aliphatic rings. The van der Waals surface area contributed by atoms with Gasteiger partial charge >= 0.3 is 5.97 Å². The SMILES string of the molecule is CCOc1c(F)cccc1C(=O)N1CCCC(N(CC(=O)O)C(C)=O)CC1. The summed E-state index contributed by atoms with van der Waals surface area (Å²) in [6.07, 6.45) is 1.70. The first kappa shape index (κ1) is 20.7. The van der Waals surface area contributed by atoms with Gasteiger partial charge in [0.25, 0.3) is 5.91 Å². The minimum Gasteiger partial charge on any atom is -0.490 e. The molecule has 0 aromatic heterocycles. The summed E-state index contributed by atoms with van der Waals surface area (Å²) in [5, 5.41) is 9.02. The van der Waals surface area contributed by atoms with Crippen molar-refractivity contribution in [3.63, 3.8) is 0 Å². The molecule has 2 amide bonds. The molecular formula is C19H25FN2O5. The lowest BCUT2D eigenvalue weighted by Crippen LogP contribution is -2.43. The fourth-order valence-electron chi connectivity index (χ4n) is 3.38. The highest BCUT2D eigenvalue weighted by atomic mass is 19.1. The quantitative estimate of drug-likeness (QED) is 0.817. The van der Waals surface area contributed by atoms with E-state index in [9.17, 15) is 18.8 Å². The molecular weight excluding hydrogens is 355 g/mol. The number of halogens is 1. The van der Waals surface area contributed by atoms with Crippen LogP contribution in [0, 0.1) is 5.82 Å². The summed E-state index contributed by atoms with van der Waals surface area (Å²) in [4.78, 5) is 38.7. The molecule has 148 valence electrons. The molecule has 1 aliphatic heterocycles. The van der Waals surface area contributed by atoms with Crippen molar-refractivity contribution >= 4 is 17.8 Å². The maximum absolute atomic E-state index is 14.0. The van der Waals surface area contributed by atoms with Crippen LogP contribution < -0.4 is 4.74 Å². The Morgan fingerprint density at radius 3 is 2.67 bits per heavy atom. The molecule has 1 atom stereocenters. The van der Waals surface area contributed by atoms with E-state index in [1.165, 1.54) is 30.0 Å². The number of nitrogens with zero attached hydrogens (tertiary/aromatic N) is 2. The van der Waals surface area contributed by atoms with Crippen molar-refractivity contribution in [2.45, 2.75) is 39.2 Å². The van der Waals surface area contributed by atoms with Gasteiger partial charge in [0.2, 0.25) is 5.91 Å². The fourth-order valence-corrected chi connectivity index (χ4v) is 3.38. The summed E-state index contributed by atoms with van der Waals surface area (Å²) in [6.45, 7) is 3.76. The first-order valence-electron chi connectivity index (χ1n) is 9.04. The monoisotopic (exact) mass is 380 g/mol. The van der Waals surface area contributed by atoms with Gasteiger partial charge in [-0.1, -0.05) is 6.07 Å². The minimum absolute atomic E-state index is 0.0537. The largest absolute Gasteiger partial charge is 0.490 e. The van der Waals surface area contributed by atoms with Crippen molar-refractivity contribution in [3.8, 4) is 5.75 Å². The standard InChI is InChI=1S/C19H25FN2O5/c1-3-27-18-15(7-4-8-16(18)20)19(26)21-10-5-6-14(9-11-21)22(13(2)23)12-17(24)25/h4,7-8,14H,3,5-6,9-12H2,1-2H3,(H,24,25). The number of hydrogen-bond acceptors (Lipinski definition) is 4. The molecule has 7 nitrogen and oxygen atoms in total. The van der Waals surface area contributed by atoms with E-state index in [0.717, 1.165) is 0 Å². The van der Waals surface area contributed by atoms with Gasteiger partial charge in [0.1, 0.15) is 6.54 Å². The van der Waals surface area contributed by atoms with E-state index in [4.69, 9.17) is 9.84 Å². The van der Waals surface area contributed by atoms with E-state index < -0.39 is 11.8 Å². The second kappa shape index (κ2) is 9.34. The number of carbonyl (C=O) groups is 3. The summed E-state index contributed by atoms with van der Waals surface area (Å²) < 4.78 is 19.3. The van der Waals surface area contributed by atoms with Crippen molar-refractivity contribution in [2.75, 3.05) is 26.2 Å². The number of aliphatic carboxylic acids is 1. The highest BCUT2D eigenvalue weighted by Gasteiger charge is 2.29. The van der Waals surface area contributed by atoms with Crippen LogP contribution in [-0.2, 0) is 9.59 Å². The zero-order chi connectivity index (χ0) is 20.0. The predicted molar refractivity (Wildman–Crippen MR) is 96.1 cm³/mol. The van der Waals surface area contributed by atoms with Gasteiger partial charge in [0.15, 0.2) is 11.6 Å². The highest BCUT2D eigenvalue weighted by molar-refractivity contribution is 5.97. The second-order valence-electron chi connectivity index (χ2n) is 6.47. The smallest absolute Gasteiger partial charge is 0.323 e. The predicted octanol–water partition coefficient (Wildman–Crippen LogP) is 2.15. The molecule has 2 rings (SSSR count). The zero-order valence-electron chi connectivity index (χ0n) is 15.6. The number of amides is 2. The number of carbonyl (C=O) groups excluding carboxylic acids is 2. The van der Waals surface area contributed by atoms with Crippen LogP contribution >= 0.6 is 0 Å². The summed E-state index contributed by atoms with van der Waals surface area (Å²) in [5.41, 5.74) is 0.171. The Balaban J connectivity index is 2.14. The normalized spacial score (nSPS) is 17.1. The van der Waals surface area contributed by atoms with Crippen LogP contribution in [-0.4, -0.2) is 65.0 Å². The zero-order valence-corrected chi connectivity index (χ0v) is 15.6. The molecule has 1 fully saturated rings. The molecule has 0 radical (unpaired) electrons. The van der Waals surface area contributed by atoms with Gasteiger partial charge in [-0.3, -0.25) is 14.4 Å². The van der Waals surface area contributed by atoms with Crippen LogP contribution in [0.1, 0.15) is 43.5 Å². The van der Waals surface area contributed by atoms with Crippen molar-refractivity contribution in [3.05, 3.63) is 29.6 Å². The third-order valence-electron chi connectivity index (χ3n) is 4.62. The van der Waals surface area contributed by atoms with E-state index in [0.29, 0.717) is 32.4 Å². The first-order valence-corrected chi connectivity index (χ1v) is 9.04. The number of para-hydroxylation sites is 1. The Morgan fingerprint density at radius 2 is 2.04 bits per heavy atom. The van der Waals surface area contributed by atoms with Gasteiger partial charge in [0, 0.05) is 26.1 Å². The lowest BCUT2D eigenvalue weighted by molar-refractivity contribution is -0.145. The average molecular weight is 380 g/mol. The Hall–Kier alpha value is -2.64. The molecule has 1 saturated heterocycles. The molecule has 8 heteroatoms. The number of likely N-dealkylation sites (tertiary alicyclic amines) is 1. The van der Waals surface area contributed by atoms with Crippen molar-refractivity contribution in [1.29, 1.82) is 0 Å². The lowest BCUT2D eigenvalue weighted by Gasteiger charge is -2.29. The summed E-state index contributed by atoms with van der Waals surface area (Å²) in [5.74, 6) is -2.33. The third kappa shape index (κ3) is 5.18. The molecule has 1 unspecified atom stereocenters. The summed E-state index contributed by atoms with van der Waals surface area (Å²) in [7, 11) is 0. The Kier molecular flexibility index (Phi) is 7.15. The Morgan fingerprint density at radius 1 is 1.30 bits per heavy atom. The van der Waals surface area contributed by atoms with E-state index in [-0.39, 0.29) is 42.3 Å². The van der Waals surface area contributed by atoms with Crippen LogP contribution in [0.5, 0.6) is 5.75 Å².